The SMILES string of the molecule is Nn1c(S[C@H](C(=O)N2CCCC2)c2ccccc2)nnc1-c1ccco1. The van der Waals surface area contributed by atoms with Gasteiger partial charge in [0.15, 0.2) is 5.76 Å². The van der Waals surface area contributed by atoms with E-state index in [2.05, 4.69) is 10.2 Å². The van der Waals surface area contributed by atoms with Crippen LogP contribution in [0.4, 0.5) is 0 Å². The van der Waals surface area contributed by atoms with E-state index in [1.165, 1.54) is 16.4 Å². The molecule has 1 aliphatic heterocycles. The lowest BCUT2D eigenvalue weighted by Crippen LogP contribution is -2.31. The fraction of sp³-hybridized carbons (Fsp3) is 0.278. The molecule has 3 heterocycles. The molecule has 0 radical (unpaired) electrons. The van der Waals surface area contributed by atoms with Crippen molar-refractivity contribution in [3.63, 3.8) is 0 Å². The van der Waals surface area contributed by atoms with Gasteiger partial charge in [0, 0.05) is 13.1 Å². The Hall–Kier alpha value is -2.74. The normalized spacial score (nSPS) is 15.3. The fourth-order valence-electron chi connectivity index (χ4n) is 3.03. The highest BCUT2D eigenvalue weighted by molar-refractivity contribution is 8.00. The summed E-state index contributed by atoms with van der Waals surface area (Å²) < 4.78 is 6.72. The van der Waals surface area contributed by atoms with Crippen molar-refractivity contribution in [1.82, 2.24) is 19.8 Å². The number of carbonyl (C=O) groups excluding carboxylic acids is 1. The van der Waals surface area contributed by atoms with Crippen molar-refractivity contribution < 1.29 is 9.21 Å². The molecule has 26 heavy (non-hydrogen) atoms. The van der Waals surface area contributed by atoms with Crippen LogP contribution in [0.3, 0.4) is 0 Å². The van der Waals surface area contributed by atoms with Crippen molar-refractivity contribution in [2.75, 3.05) is 18.9 Å². The molecule has 1 amide bonds. The Bertz CT molecular complexity index is 872. The number of nitrogen functional groups attached to an aromatic ring is 1. The van der Waals surface area contributed by atoms with Gasteiger partial charge in [0.05, 0.1) is 6.26 Å². The second kappa shape index (κ2) is 7.25. The Morgan fingerprint density at radius 2 is 1.88 bits per heavy atom. The third-order valence-corrected chi connectivity index (χ3v) is 5.57. The highest BCUT2D eigenvalue weighted by Crippen LogP contribution is 2.37. The maximum absolute atomic E-state index is 13.1. The number of nitrogens with two attached hydrogens (primary N) is 1. The number of nitrogens with zero attached hydrogens (tertiary/aromatic N) is 4. The molecule has 0 spiro atoms. The van der Waals surface area contributed by atoms with Crippen LogP contribution in [0, 0.1) is 0 Å². The Morgan fingerprint density at radius 3 is 2.58 bits per heavy atom. The van der Waals surface area contributed by atoms with Gasteiger partial charge in [0.25, 0.3) is 0 Å². The fourth-order valence-corrected chi connectivity index (χ4v) is 4.07. The summed E-state index contributed by atoms with van der Waals surface area (Å²) in [6.07, 6.45) is 3.65. The molecule has 0 saturated carbocycles. The zero-order valence-electron chi connectivity index (χ0n) is 14.1. The van der Waals surface area contributed by atoms with Crippen molar-refractivity contribution >= 4 is 17.7 Å². The van der Waals surface area contributed by atoms with Crippen LogP contribution < -0.4 is 5.84 Å². The number of aromatic nitrogens is 3. The number of thioether (sulfide) groups is 1. The molecule has 1 saturated heterocycles. The molecule has 7 nitrogen and oxygen atoms in total. The number of carbonyl (C=O) groups is 1. The highest BCUT2D eigenvalue weighted by Gasteiger charge is 2.30. The van der Waals surface area contributed by atoms with Gasteiger partial charge in [0.2, 0.25) is 16.9 Å². The molecule has 4 rings (SSSR count). The summed E-state index contributed by atoms with van der Waals surface area (Å²) in [5.41, 5.74) is 0.928. The van der Waals surface area contributed by atoms with E-state index in [0.29, 0.717) is 16.7 Å². The summed E-state index contributed by atoms with van der Waals surface area (Å²) in [6, 6.07) is 13.2. The number of furan rings is 1. The standard InChI is InChI=1S/C18H19N5O2S/c19-23-16(14-9-6-12-25-14)20-21-18(23)26-15(13-7-2-1-3-8-13)17(24)22-10-4-5-11-22/h1-3,6-9,12,15H,4-5,10-11,19H2/t15-/m0/s1. The van der Waals surface area contributed by atoms with Gasteiger partial charge in [-0.2, -0.15) is 0 Å². The first kappa shape index (κ1) is 16.7. The number of rotatable bonds is 5. The summed E-state index contributed by atoms with van der Waals surface area (Å²) in [5.74, 6) is 7.21. The maximum atomic E-state index is 13.1. The molecule has 1 aliphatic rings. The van der Waals surface area contributed by atoms with Crippen LogP contribution >= 0.6 is 11.8 Å². The smallest absolute Gasteiger partial charge is 0.240 e. The minimum Gasteiger partial charge on any atom is -0.461 e. The molecule has 1 fully saturated rings. The van der Waals surface area contributed by atoms with Crippen molar-refractivity contribution in [2.45, 2.75) is 23.2 Å². The van der Waals surface area contributed by atoms with Crippen LogP contribution in [0.1, 0.15) is 23.7 Å². The first-order chi connectivity index (χ1) is 12.7. The molecule has 2 aromatic heterocycles. The van der Waals surface area contributed by atoms with Crippen LogP contribution in [0.15, 0.2) is 58.3 Å². The van der Waals surface area contributed by atoms with Crippen molar-refractivity contribution in [2.24, 2.45) is 0 Å². The molecule has 0 unspecified atom stereocenters. The summed E-state index contributed by atoms with van der Waals surface area (Å²) >= 11 is 1.31. The number of hydrogen-bond donors (Lipinski definition) is 1. The number of benzene rings is 1. The highest BCUT2D eigenvalue weighted by atomic mass is 32.2. The first-order valence-electron chi connectivity index (χ1n) is 8.49. The monoisotopic (exact) mass is 369 g/mol. The van der Waals surface area contributed by atoms with Gasteiger partial charge in [-0.05, 0) is 30.5 Å². The van der Waals surface area contributed by atoms with E-state index in [-0.39, 0.29) is 5.91 Å². The Morgan fingerprint density at radius 1 is 1.12 bits per heavy atom. The number of likely N-dealkylation sites (tertiary alicyclic amines) is 1. The zero-order chi connectivity index (χ0) is 17.9. The van der Waals surface area contributed by atoms with E-state index in [1.807, 2.05) is 35.2 Å². The third kappa shape index (κ3) is 3.20. The maximum Gasteiger partial charge on any atom is 0.240 e. The average Bonchev–Trinajstić information content (AvgIpc) is 3.42. The van der Waals surface area contributed by atoms with Gasteiger partial charge in [-0.25, -0.2) is 4.68 Å². The molecule has 3 aromatic rings. The quantitative estimate of drug-likeness (QED) is 0.549. The molecular weight excluding hydrogens is 350 g/mol. The van der Waals surface area contributed by atoms with Crippen LogP contribution in [-0.2, 0) is 4.79 Å². The van der Waals surface area contributed by atoms with E-state index in [9.17, 15) is 4.79 Å². The summed E-state index contributed by atoms with van der Waals surface area (Å²) in [7, 11) is 0. The van der Waals surface area contributed by atoms with Gasteiger partial charge >= 0.3 is 0 Å². The second-order valence-corrected chi connectivity index (χ2v) is 7.17. The van der Waals surface area contributed by atoms with Crippen molar-refractivity contribution in [3.8, 4) is 11.6 Å². The molecule has 2 N–H and O–H groups in total. The van der Waals surface area contributed by atoms with Gasteiger partial charge < -0.3 is 15.2 Å². The Labute approximate surface area is 155 Å². The molecule has 134 valence electrons. The molecule has 8 heteroatoms. The molecular formula is C18H19N5O2S. The van der Waals surface area contributed by atoms with Gasteiger partial charge in [-0.3, -0.25) is 4.79 Å². The number of amides is 1. The van der Waals surface area contributed by atoms with E-state index in [0.717, 1.165) is 31.5 Å². The minimum atomic E-state index is -0.412. The number of hydrogen-bond acceptors (Lipinski definition) is 6. The Kier molecular flexibility index (Phi) is 4.66. The van der Waals surface area contributed by atoms with Gasteiger partial charge in [0.1, 0.15) is 5.25 Å². The zero-order valence-corrected chi connectivity index (χ0v) is 14.9. The van der Waals surface area contributed by atoms with Crippen molar-refractivity contribution in [3.05, 3.63) is 54.3 Å². The van der Waals surface area contributed by atoms with E-state index in [4.69, 9.17) is 10.3 Å². The summed E-state index contributed by atoms with van der Waals surface area (Å²) in [5, 5.41) is 8.33. The summed E-state index contributed by atoms with van der Waals surface area (Å²) in [6.45, 7) is 1.60. The van der Waals surface area contributed by atoms with Crippen molar-refractivity contribution in [1.29, 1.82) is 0 Å². The minimum absolute atomic E-state index is 0.0845. The predicted octanol–water partition coefficient (Wildman–Crippen LogP) is 2.71. The lowest BCUT2D eigenvalue weighted by molar-refractivity contribution is -0.129. The predicted molar refractivity (Wildman–Crippen MR) is 98.7 cm³/mol. The third-order valence-electron chi connectivity index (χ3n) is 4.37. The summed E-state index contributed by atoms with van der Waals surface area (Å²) in [4.78, 5) is 15.0. The molecule has 0 bridgehead atoms. The average molecular weight is 369 g/mol. The molecule has 1 aromatic carbocycles. The van der Waals surface area contributed by atoms with E-state index < -0.39 is 5.25 Å². The molecule has 1 atom stereocenters. The Balaban J connectivity index is 1.64. The van der Waals surface area contributed by atoms with Crippen LogP contribution in [0.25, 0.3) is 11.6 Å². The topological polar surface area (TPSA) is 90.2 Å². The second-order valence-electron chi connectivity index (χ2n) is 6.09. The van der Waals surface area contributed by atoms with Crippen LogP contribution in [0.2, 0.25) is 0 Å². The van der Waals surface area contributed by atoms with Crippen LogP contribution in [0.5, 0.6) is 0 Å². The van der Waals surface area contributed by atoms with Gasteiger partial charge in [-0.1, -0.05) is 42.1 Å². The molecule has 0 aliphatic carbocycles. The first-order valence-corrected chi connectivity index (χ1v) is 9.37. The van der Waals surface area contributed by atoms with E-state index >= 15 is 0 Å². The van der Waals surface area contributed by atoms with Crippen LogP contribution in [-0.4, -0.2) is 38.8 Å². The van der Waals surface area contributed by atoms with Gasteiger partial charge in [-0.15, -0.1) is 10.2 Å². The lowest BCUT2D eigenvalue weighted by Gasteiger charge is -2.22. The largest absolute Gasteiger partial charge is 0.461 e. The van der Waals surface area contributed by atoms with E-state index in [1.54, 1.807) is 18.4 Å². The lowest BCUT2D eigenvalue weighted by atomic mass is 10.1.